The summed E-state index contributed by atoms with van der Waals surface area (Å²) in [5.41, 5.74) is 0. The average Bonchev–Trinajstić information content (AvgIpc) is 2.39. The molecule has 1 atom stereocenters. The maximum Gasteiger partial charge on any atom is 0.334 e. The first kappa shape index (κ1) is 16.3. The van der Waals surface area contributed by atoms with E-state index in [1.165, 1.54) is 39.5 Å². The zero-order valence-electron chi connectivity index (χ0n) is 11.4. The molecule has 1 heterocycles. The molecule has 0 aliphatic rings. The van der Waals surface area contributed by atoms with Crippen LogP contribution < -0.4 is 5.32 Å². The number of ether oxygens (including phenoxy) is 1. The third kappa shape index (κ3) is 3.89. The van der Waals surface area contributed by atoms with Gasteiger partial charge in [0.2, 0.25) is 10.0 Å². The Balaban J connectivity index is 2.76. The summed E-state index contributed by atoms with van der Waals surface area (Å²) in [6.07, 6.45) is 0.210. The van der Waals surface area contributed by atoms with Crippen molar-refractivity contribution in [1.82, 2.24) is 9.29 Å². The number of aromatic nitrogens is 1. The molecular formula is C11H17N3O5S. The first-order chi connectivity index (χ1) is 9.28. The molecule has 1 rings (SSSR count). The fourth-order valence-electron chi connectivity index (χ4n) is 1.32. The van der Waals surface area contributed by atoms with Gasteiger partial charge in [-0.1, -0.05) is 0 Å². The highest BCUT2D eigenvalue weighted by molar-refractivity contribution is 7.89. The molecule has 8 nitrogen and oxygen atoms in total. The number of sulfonamides is 1. The largest absolute Gasteiger partial charge is 0.479 e. The fourth-order valence-corrected chi connectivity index (χ4v) is 2.16. The van der Waals surface area contributed by atoms with Gasteiger partial charge in [0.15, 0.2) is 6.10 Å². The highest BCUT2D eigenvalue weighted by Crippen LogP contribution is 2.13. The third-order valence-electron chi connectivity index (χ3n) is 2.54. The monoisotopic (exact) mass is 303 g/mol. The van der Waals surface area contributed by atoms with Crippen LogP contribution in [0.1, 0.15) is 0 Å². The van der Waals surface area contributed by atoms with E-state index in [1.807, 2.05) is 0 Å². The van der Waals surface area contributed by atoms with Crippen molar-refractivity contribution in [2.45, 2.75) is 11.0 Å². The van der Waals surface area contributed by atoms with Crippen molar-refractivity contribution < 1.29 is 23.1 Å². The predicted octanol–water partition coefficient (Wildman–Crippen LogP) is -0.157. The number of aliphatic carboxylic acids is 1. The van der Waals surface area contributed by atoms with Crippen LogP contribution in [0.2, 0.25) is 0 Å². The van der Waals surface area contributed by atoms with E-state index < -0.39 is 22.1 Å². The minimum absolute atomic E-state index is 0.0264. The van der Waals surface area contributed by atoms with Crippen LogP contribution in [0.15, 0.2) is 23.2 Å². The van der Waals surface area contributed by atoms with Crippen LogP contribution in [-0.4, -0.2) is 62.6 Å². The Bertz CT molecular complexity index is 556. The SMILES string of the molecule is COC(CNc1ccc(S(=O)(=O)N(C)C)cn1)C(=O)O. The Kier molecular flexibility index (Phi) is 5.43. The quantitative estimate of drug-likeness (QED) is 0.720. The second-order valence-corrected chi connectivity index (χ2v) is 6.26. The molecule has 9 heteroatoms. The number of pyridine rings is 1. The molecule has 0 bridgehead atoms. The number of nitrogens with one attached hydrogen (secondary N) is 1. The molecule has 0 aromatic carbocycles. The van der Waals surface area contributed by atoms with Gasteiger partial charge in [0.05, 0.1) is 6.54 Å². The van der Waals surface area contributed by atoms with E-state index in [0.717, 1.165) is 4.31 Å². The molecule has 0 saturated carbocycles. The van der Waals surface area contributed by atoms with Crippen molar-refractivity contribution in [3.63, 3.8) is 0 Å². The molecule has 1 unspecified atom stereocenters. The number of carboxylic acid groups (broad SMARTS) is 1. The van der Waals surface area contributed by atoms with E-state index in [1.54, 1.807) is 0 Å². The van der Waals surface area contributed by atoms with Gasteiger partial charge in [0.1, 0.15) is 10.7 Å². The molecule has 112 valence electrons. The van der Waals surface area contributed by atoms with Gasteiger partial charge in [-0.25, -0.2) is 22.5 Å². The summed E-state index contributed by atoms with van der Waals surface area (Å²) in [5, 5.41) is 11.6. The lowest BCUT2D eigenvalue weighted by atomic mass is 10.3. The maximum absolute atomic E-state index is 11.8. The van der Waals surface area contributed by atoms with E-state index in [2.05, 4.69) is 10.3 Å². The summed E-state index contributed by atoms with van der Waals surface area (Å²) in [5.74, 6) is -0.724. The number of hydrogen-bond acceptors (Lipinski definition) is 6. The molecule has 20 heavy (non-hydrogen) atoms. The Morgan fingerprint density at radius 1 is 1.50 bits per heavy atom. The molecule has 1 aromatic heterocycles. The summed E-state index contributed by atoms with van der Waals surface area (Å²) in [7, 11) is 0.630. The van der Waals surface area contributed by atoms with Gasteiger partial charge in [-0.2, -0.15) is 0 Å². The predicted molar refractivity (Wildman–Crippen MR) is 72.0 cm³/mol. The lowest BCUT2D eigenvalue weighted by Gasteiger charge is -2.13. The van der Waals surface area contributed by atoms with E-state index in [0.29, 0.717) is 5.82 Å². The highest BCUT2D eigenvalue weighted by Gasteiger charge is 2.18. The first-order valence-electron chi connectivity index (χ1n) is 5.67. The fraction of sp³-hybridized carbons (Fsp3) is 0.455. The Labute approximate surface area is 117 Å². The van der Waals surface area contributed by atoms with Crippen molar-refractivity contribution in [3.8, 4) is 0 Å². The standard InChI is InChI=1S/C11H17N3O5S/c1-14(2)20(17,18)8-4-5-10(12-6-8)13-7-9(19-3)11(15)16/h4-6,9H,7H2,1-3H3,(H,12,13)(H,15,16). The van der Waals surface area contributed by atoms with Crippen molar-refractivity contribution in [2.75, 3.05) is 33.1 Å². The number of carbonyl (C=O) groups is 1. The second-order valence-electron chi connectivity index (χ2n) is 4.11. The van der Waals surface area contributed by atoms with Gasteiger partial charge in [0, 0.05) is 27.4 Å². The summed E-state index contributed by atoms with van der Waals surface area (Å²) < 4.78 is 29.5. The molecule has 0 aliphatic heterocycles. The zero-order chi connectivity index (χ0) is 15.3. The Morgan fingerprint density at radius 2 is 2.15 bits per heavy atom. The lowest BCUT2D eigenvalue weighted by Crippen LogP contribution is -2.30. The Hall–Kier alpha value is -1.71. The topological polar surface area (TPSA) is 109 Å². The zero-order valence-corrected chi connectivity index (χ0v) is 12.2. The summed E-state index contributed by atoms with van der Waals surface area (Å²) in [4.78, 5) is 14.7. The third-order valence-corrected chi connectivity index (χ3v) is 4.34. The van der Waals surface area contributed by atoms with Crippen LogP contribution in [0.25, 0.3) is 0 Å². The number of nitrogens with zero attached hydrogens (tertiary/aromatic N) is 2. The molecule has 0 radical (unpaired) electrons. The van der Waals surface area contributed by atoms with Gasteiger partial charge >= 0.3 is 5.97 Å². The van der Waals surface area contributed by atoms with Crippen molar-refractivity contribution >= 4 is 21.8 Å². The van der Waals surface area contributed by atoms with Gasteiger partial charge in [0.25, 0.3) is 0 Å². The molecule has 2 N–H and O–H groups in total. The normalized spacial score (nSPS) is 13.2. The molecular weight excluding hydrogens is 286 g/mol. The Morgan fingerprint density at radius 3 is 2.55 bits per heavy atom. The number of hydrogen-bond donors (Lipinski definition) is 2. The number of anilines is 1. The lowest BCUT2D eigenvalue weighted by molar-refractivity contribution is -0.147. The van der Waals surface area contributed by atoms with Crippen LogP contribution >= 0.6 is 0 Å². The molecule has 1 aromatic rings. The second kappa shape index (κ2) is 6.64. The maximum atomic E-state index is 11.8. The van der Waals surface area contributed by atoms with E-state index in [-0.39, 0.29) is 11.4 Å². The van der Waals surface area contributed by atoms with E-state index >= 15 is 0 Å². The van der Waals surface area contributed by atoms with E-state index in [4.69, 9.17) is 9.84 Å². The first-order valence-corrected chi connectivity index (χ1v) is 7.11. The average molecular weight is 303 g/mol. The van der Waals surface area contributed by atoms with Crippen LogP contribution in [0.3, 0.4) is 0 Å². The summed E-state index contributed by atoms with van der Waals surface area (Å²) in [6, 6.07) is 2.86. The molecule has 0 amide bonds. The van der Waals surface area contributed by atoms with E-state index in [9.17, 15) is 13.2 Å². The van der Waals surface area contributed by atoms with Crippen LogP contribution in [0.4, 0.5) is 5.82 Å². The van der Waals surface area contributed by atoms with Crippen LogP contribution in [0.5, 0.6) is 0 Å². The highest BCUT2D eigenvalue weighted by atomic mass is 32.2. The molecule has 0 fully saturated rings. The van der Waals surface area contributed by atoms with Gasteiger partial charge < -0.3 is 15.2 Å². The van der Waals surface area contributed by atoms with Gasteiger partial charge in [-0.15, -0.1) is 0 Å². The van der Waals surface area contributed by atoms with Crippen LogP contribution in [-0.2, 0) is 19.6 Å². The van der Waals surface area contributed by atoms with Crippen molar-refractivity contribution in [1.29, 1.82) is 0 Å². The summed E-state index contributed by atoms with van der Waals surface area (Å²) >= 11 is 0. The molecule has 0 saturated heterocycles. The minimum atomic E-state index is -3.52. The minimum Gasteiger partial charge on any atom is -0.479 e. The van der Waals surface area contributed by atoms with Crippen molar-refractivity contribution in [3.05, 3.63) is 18.3 Å². The molecule has 0 spiro atoms. The molecule has 0 aliphatic carbocycles. The summed E-state index contributed by atoms with van der Waals surface area (Å²) in [6.45, 7) is 0.0264. The number of carboxylic acids is 1. The number of methoxy groups -OCH3 is 1. The van der Waals surface area contributed by atoms with Crippen LogP contribution in [0, 0.1) is 0 Å². The van der Waals surface area contributed by atoms with Gasteiger partial charge in [-0.3, -0.25) is 0 Å². The van der Waals surface area contributed by atoms with Gasteiger partial charge in [-0.05, 0) is 12.1 Å². The smallest absolute Gasteiger partial charge is 0.334 e. The van der Waals surface area contributed by atoms with Crippen molar-refractivity contribution in [2.24, 2.45) is 0 Å². The number of rotatable bonds is 7.